The van der Waals surface area contributed by atoms with Crippen LogP contribution in [0, 0.1) is 6.92 Å². The molecule has 1 aromatic heterocycles. The van der Waals surface area contributed by atoms with Crippen molar-refractivity contribution in [1.29, 1.82) is 0 Å². The van der Waals surface area contributed by atoms with Crippen molar-refractivity contribution in [2.45, 2.75) is 33.1 Å². The molecular formula is C14H19N3S. The van der Waals surface area contributed by atoms with Crippen LogP contribution in [0.3, 0.4) is 0 Å². The van der Waals surface area contributed by atoms with Gasteiger partial charge in [-0.25, -0.2) is 4.98 Å². The fourth-order valence-electron chi connectivity index (χ4n) is 1.62. The predicted octanol–water partition coefficient (Wildman–Crippen LogP) is 4.07. The van der Waals surface area contributed by atoms with E-state index in [1.807, 2.05) is 25.1 Å². The summed E-state index contributed by atoms with van der Waals surface area (Å²) < 4.78 is 0. The van der Waals surface area contributed by atoms with Crippen molar-refractivity contribution >= 4 is 27.8 Å². The second-order valence-electron chi connectivity index (χ2n) is 5.49. The highest BCUT2D eigenvalue weighted by molar-refractivity contribution is 7.13. The molecule has 0 aliphatic heterocycles. The minimum Gasteiger partial charge on any atom is -0.399 e. The number of nitrogens with zero attached hydrogens (tertiary/aromatic N) is 1. The van der Waals surface area contributed by atoms with Gasteiger partial charge in [0.1, 0.15) is 0 Å². The summed E-state index contributed by atoms with van der Waals surface area (Å²) in [5.41, 5.74) is 9.91. The van der Waals surface area contributed by atoms with Gasteiger partial charge in [-0.15, -0.1) is 11.3 Å². The van der Waals surface area contributed by atoms with Gasteiger partial charge < -0.3 is 11.1 Å². The van der Waals surface area contributed by atoms with Gasteiger partial charge in [0.05, 0.1) is 5.69 Å². The molecule has 0 saturated carbocycles. The number of aryl methyl sites for hydroxylation is 1. The molecule has 0 amide bonds. The van der Waals surface area contributed by atoms with Crippen molar-refractivity contribution in [3.05, 3.63) is 34.8 Å². The Morgan fingerprint density at radius 2 is 2.00 bits per heavy atom. The van der Waals surface area contributed by atoms with Crippen molar-refractivity contribution in [2.24, 2.45) is 0 Å². The highest BCUT2D eigenvalue weighted by Crippen LogP contribution is 2.29. The first-order valence-electron chi connectivity index (χ1n) is 5.95. The lowest BCUT2D eigenvalue weighted by Gasteiger charge is -2.14. The van der Waals surface area contributed by atoms with Gasteiger partial charge in [-0.05, 0) is 30.7 Å². The van der Waals surface area contributed by atoms with E-state index in [1.165, 1.54) is 0 Å². The Bertz CT molecular complexity index is 552. The standard InChI is InChI=1S/C14H19N3S/c1-9-7-10(15)5-6-11(9)16-13-17-12(8-18-13)14(2,3)4/h5-8H,15H2,1-4H3,(H,16,17). The van der Waals surface area contributed by atoms with E-state index >= 15 is 0 Å². The maximum absolute atomic E-state index is 5.74. The molecule has 96 valence electrons. The van der Waals surface area contributed by atoms with E-state index in [9.17, 15) is 0 Å². The van der Waals surface area contributed by atoms with Gasteiger partial charge in [0, 0.05) is 22.2 Å². The van der Waals surface area contributed by atoms with E-state index < -0.39 is 0 Å². The smallest absolute Gasteiger partial charge is 0.187 e. The van der Waals surface area contributed by atoms with Crippen molar-refractivity contribution in [3.8, 4) is 0 Å². The van der Waals surface area contributed by atoms with Gasteiger partial charge in [-0.2, -0.15) is 0 Å². The van der Waals surface area contributed by atoms with Crippen LogP contribution in [0.25, 0.3) is 0 Å². The number of nitrogens with one attached hydrogen (secondary N) is 1. The first-order valence-corrected chi connectivity index (χ1v) is 6.83. The third-order valence-corrected chi connectivity index (χ3v) is 3.52. The number of nitrogens with two attached hydrogens (primary N) is 1. The number of hydrogen-bond donors (Lipinski definition) is 2. The number of thiazole rings is 1. The average molecular weight is 261 g/mol. The minimum absolute atomic E-state index is 0.0899. The molecule has 4 heteroatoms. The molecule has 0 aliphatic carbocycles. The summed E-state index contributed by atoms with van der Waals surface area (Å²) in [7, 11) is 0. The Morgan fingerprint density at radius 1 is 1.28 bits per heavy atom. The van der Waals surface area contributed by atoms with Gasteiger partial charge in [-0.3, -0.25) is 0 Å². The molecule has 0 unspecified atom stereocenters. The van der Waals surface area contributed by atoms with E-state index in [1.54, 1.807) is 11.3 Å². The molecule has 0 aliphatic rings. The largest absolute Gasteiger partial charge is 0.399 e. The molecule has 1 aromatic carbocycles. The number of anilines is 3. The zero-order valence-electron chi connectivity index (χ0n) is 11.2. The van der Waals surface area contributed by atoms with Crippen LogP contribution in [-0.2, 0) is 5.41 Å². The van der Waals surface area contributed by atoms with Crippen LogP contribution in [0.5, 0.6) is 0 Å². The lowest BCUT2D eigenvalue weighted by atomic mass is 9.93. The molecule has 0 spiro atoms. The van der Waals surface area contributed by atoms with E-state index in [-0.39, 0.29) is 5.41 Å². The van der Waals surface area contributed by atoms with E-state index in [2.05, 4.69) is 36.5 Å². The summed E-state index contributed by atoms with van der Waals surface area (Å²) >= 11 is 1.63. The van der Waals surface area contributed by atoms with E-state index in [4.69, 9.17) is 5.73 Å². The number of benzene rings is 1. The minimum atomic E-state index is 0.0899. The predicted molar refractivity (Wildman–Crippen MR) is 79.7 cm³/mol. The summed E-state index contributed by atoms with van der Waals surface area (Å²) in [6.07, 6.45) is 0. The molecule has 0 atom stereocenters. The Balaban J connectivity index is 2.21. The third-order valence-electron chi connectivity index (χ3n) is 2.76. The van der Waals surface area contributed by atoms with Gasteiger partial charge in [0.15, 0.2) is 5.13 Å². The number of hydrogen-bond acceptors (Lipinski definition) is 4. The molecule has 3 nitrogen and oxygen atoms in total. The maximum Gasteiger partial charge on any atom is 0.187 e. The third kappa shape index (κ3) is 2.82. The summed E-state index contributed by atoms with van der Waals surface area (Å²) in [6.45, 7) is 8.54. The van der Waals surface area contributed by atoms with Gasteiger partial charge in [0.2, 0.25) is 0 Å². The van der Waals surface area contributed by atoms with Crippen molar-refractivity contribution in [3.63, 3.8) is 0 Å². The Hall–Kier alpha value is -1.55. The van der Waals surface area contributed by atoms with Crippen LogP contribution in [0.4, 0.5) is 16.5 Å². The first kappa shape index (κ1) is 12.9. The van der Waals surface area contributed by atoms with Crippen LogP contribution < -0.4 is 11.1 Å². The zero-order valence-corrected chi connectivity index (χ0v) is 12.1. The number of nitrogen functional groups attached to an aromatic ring is 1. The molecule has 0 fully saturated rings. The summed E-state index contributed by atoms with van der Waals surface area (Å²) in [5, 5.41) is 6.37. The second-order valence-corrected chi connectivity index (χ2v) is 6.35. The lowest BCUT2D eigenvalue weighted by Crippen LogP contribution is -2.11. The van der Waals surface area contributed by atoms with Crippen LogP contribution in [0.1, 0.15) is 32.0 Å². The molecule has 0 saturated heterocycles. The SMILES string of the molecule is Cc1cc(N)ccc1Nc1nc(C(C)(C)C)cs1. The van der Waals surface area contributed by atoms with Gasteiger partial charge >= 0.3 is 0 Å². The summed E-state index contributed by atoms with van der Waals surface area (Å²) in [6, 6.07) is 5.84. The summed E-state index contributed by atoms with van der Waals surface area (Å²) in [4.78, 5) is 4.62. The van der Waals surface area contributed by atoms with Crippen molar-refractivity contribution in [1.82, 2.24) is 4.98 Å². The topological polar surface area (TPSA) is 50.9 Å². The highest BCUT2D eigenvalue weighted by atomic mass is 32.1. The quantitative estimate of drug-likeness (QED) is 0.801. The van der Waals surface area contributed by atoms with Crippen LogP contribution in [0.15, 0.2) is 23.6 Å². The van der Waals surface area contributed by atoms with E-state index in [0.717, 1.165) is 27.8 Å². The monoisotopic (exact) mass is 261 g/mol. The van der Waals surface area contributed by atoms with E-state index in [0.29, 0.717) is 0 Å². The fourth-order valence-corrected chi connectivity index (χ4v) is 2.57. The first-order chi connectivity index (χ1) is 8.36. The molecular weight excluding hydrogens is 242 g/mol. The van der Waals surface area contributed by atoms with Crippen LogP contribution in [-0.4, -0.2) is 4.98 Å². The van der Waals surface area contributed by atoms with Crippen molar-refractivity contribution < 1.29 is 0 Å². The fraction of sp³-hybridized carbons (Fsp3) is 0.357. The van der Waals surface area contributed by atoms with Gasteiger partial charge in [-0.1, -0.05) is 20.8 Å². The Labute approximate surface area is 112 Å². The molecule has 0 bridgehead atoms. The molecule has 18 heavy (non-hydrogen) atoms. The number of rotatable bonds is 2. The molecule has 0 radical (unpaired) electrons. The Kier molecular flexibility index (Phi) is 3.30. The zero-order chi connectivity index (χ0) is 13.3. The second kappa shape index (κ2) is 4.61. The lowest BCUT2D eigenvalue weighted by molar-refractivity contribution is 0.573. The molecule has 2 aromatic rings. The number of aromatic nitrogens is 1. The Morgan fingerprint density at radius 3 is 2.56 bits per heavy atom. The highest BCUT2D eigenvalue weighted by Gasteiger charge is 2.17. The maximum atomic E-state index is 5.74. The normalized spacial score (nSPS) is 11.6. The average Bonchev–Trinajstić information content (AvgIpc) is 2.70. The van der Waals surface area contributed by atoms with Crippen molar-refractivity contribution in [2.75, 3.05) is 11.1 Å². The summed E-state index contributed by atoms with van der Waals surface area (Å²) in [5.74, 6) is 0. The molecule has 1 heterocycles. The van der Waals surface area contributed by atoms with Crippen LogP contribution in [0.2, 0.25) is 0 Å². The van der Waals surface area contributed by atoms with Gasteiger partial charge in [0.25, 0.3) is 0 Å². The molecule has 2 rings (SSSR count). The molecule has 3 N–H and O–H groups in total. The van der Waals surface area contributed by atoms with Crippen LogP contribution >= 0.6 is 11.3 Å².